The summed E-state index contributed by atoms with van der Waals surface area (Å²) in [6, 6.07) is 0. The summed E-state index contributed by atoms with van der Waals surface area (Å²) in [5.41, 5.74) is 5.69. The molecule has 1 unspecified atom stereocenters. The van der Waals surface area contributed by atoms with Crippen molar-refractivity contribution in [3.8, 4) is 0 Å². The Kier molecular flexibility index (Phi) is 8.15. The van der Waals surface area contributed by atoms with Gasteiger partial charge in [-0.15, -0.1) is 0 Å². The summed E-state index contributed by atoms with van der Waals surface area (Å²) < 4.78 is 0. The van der Waals surface area contributed by atoms with Gasteiger partial charge in [0.25, 0.3) is 0 Å². The van der Waals surface area contributed by atoms with E-state index in [2.05, 4.69) is 30.6 Å². The van der Waals surface area contributed by atoms with Gasteiger partial charge in [0.1, 0.15) is 0 Å². The molecule has 0 spiro atoms. The molecule has 4 heteroatoms. The predicted octanol–water partition coefficient (Wildman–Crippen LogP) is 1.94. The Morgan fingerprint density at radius 3 is 2.30 bits per heavy atom. The summed E-state index contributed by atoms with van der Waals surface area (Å²) in [5.74, 6) is 1.43. The standard InChI is InChI=1S/C16H33N3O/c1-4-14(12-17)11-16(20)19-9-7-15(8-10-19)13-18(5-2)6-3/h14-15H,4-13,17H2,1-3H3. The van der Waals surface area contributed by atoms with Crippen LogP contribution in [0.4, 0.5) is 0 Å². The smallest absolute Gasteiger partial charge is 0.222 e. The molecule has 1 fully saturated rings. The Morgan fingerprint density at radius 1 is 1.25 bits per heavy atom. The average Bonchev–Trinajstić information content (AvgIpc) is 2.50. The highest BCUT2D eigenvalue weighted by Crippen LogP contribution is 2.20. The number of carbonyl (C=O) groups excluding carboxylic acids is 1. The third kappa shape index (κ3) is 5.41. The number of nitrogens with zero attached hydrogens (tertiary/aromatic N) is 2. The van der Waals surface area contributed by atoms with Crippen LogP contribution in [0.1, 0.15) is 46.5 Å². The molecule has 1 aliphatic heterocycles. The molecule has 0 saturated carbocycles. The zero-order valence-corrected chi connectivity index (χ0v) is 13.6. The van der Waals surface area contributed by atoms with E-state index in [0.29, 0.717) is 24.8 Å². The molecular weight excluding hydrogens is 250 g/mol. The Hall–Kier alpha value is -0.610. The molecule has 0 aliphatic carbocycles. The van der Waals surface area contributed by atoms with E-state index in [4.69, 9.17) is 5.73 Å². The fourth-order valence-corrected chi connectivity index (χ4v) is 2.98. The lowest BCUT2D eigenvalue weighted by Gasteiger charge is -2.35. The molecule has 118 valence electrons. The van der Waals surface area contributed by atoms with Crippen LogP contribution in [0.2, 0.25) is 0 Å². The van der Waals surface area contributed by atoms with Crippen LogP contribution in [0.15, 0.2) is 0 Å². The van der Waals surface area contributed by atoms with E-state index in [1.54, 1.807) is 0 Å². The molecule has 1 aliphatic rings. The molecular formula is C16H33N3O. The summed E-state index contributed by atoms with van der Waals surface area (Å²) in [6.45, 7) is 12.5. The van der Waals surface area contributed by atoms with Gasteiger partial charge in [-0.1, -0.05) is 27.2 Å². The number of hydrogen-bond acceptors (Lipinski definition) is 3. The first-order valence-electron chi connectivity index (χ1n) is 8.34. The van der Waals surface area contributed by atoms with Crippen molar-refractivity contribution in [1.29, 1.82) is 0 Å². The fraction of sp³-hybridized carbons (Fsp3) is 0.938. The maximum absolute atomic E-state index is 12.2. The Morgan fingerprint density at radius 2 is 1.85 bits per heavy atom. The molecule has 0 aromatic heterocycles. The van der Waals surface area contributed by atoms with E-state index in [-0.39, 0.29) is 0 Å². The SMILES string of the molecule is CCC(CN)CC(=O)N1CCC(CN(CC)CC)CC1. The Bertz CT molecular complexity index is 267. The summed E-state index contributed by atoms with van der Waals surface area (Å²) >= 11 is 0. The van der Waals surface area contributed by atoms with Gasteiger partial charge in [-0.05, 0) is 44.3 Å². The van der Waals surface area contributed by atoms with Crippen molar-refractivity contribution < 1.29 is 4.79 Å². The zero-order valence-electron chi connectivity index (χ0n) is 13.6. The molecule has 1 heterocycles. The molecule has 0 bridgehead atoms. The molecule has 1 rings (SSSR count). The monoisotopic (exact) mass is 283 g/mol. The molecule has 0 aromatic carbocycles. The van der Waals surface area contributed by atoms with Crippen LogP contribution in [0, 0.1) is 11.8 Å². The van der Waals surface area contributed by atoms with Crippen molar-refractivity contribution in [2.45, 2.75) is 46.5 Å². The highest BCUT2D eigenvalue weighted by molar-refractivity contribution is 5.76. The number of hydrogen-bond donors (Lipinski definition) is 1. The highest BCUT2D eigenvalue weighted by Gasteiger charge is 2.24. The van der Waals surface area contributed by atoms with Gasteiger partial charge in [0.2, 0.25) is 5.91 Å². The van der Waals surface area contributed by atoms with Crippen molar-refractivity contribution in [2.75, 3.05) is 39.3 Å². The average molecular weight is 283 g/mol. The molecule has 1 saturated heterocycles. The van der Waals surface area contributed by atoms with Gasteiger partial charge in [0.05, 0.1) is 0 Å². The minimum Gasteiger partial charge on any atom is -0.343 e. The lowest BCUT2D eigenvalue weighted by Crippen LogP contribution is -2.42. The molecule has 4 nitrogen and oxygen atoms in total. The summed E-state index contributed by atoms with van der Waals surface area (Å²) in [7, 11) is 0. The number of likely N-dealkylation sites (tertiary alicyclic amines) is 1. The van der Waals surface area contributed by atoms with Crippen LogP contribution in [0.5, 0.6) is 0 Å². The van der Waals surface area contributed by atoms with Gasteiger partial charge in [0.15, 0.2) is 0 Å². The van der Waals surface area contributed by atoms with Gasteiger partial charge in [0, 0.05) is 26.1 Å². The summed E-state index contributed by atoms with van der Waals surface area (Å²) in [4.78, 5) is 16.8. The molecule has 0 aromatic rings. The third-order valence-electron chi connectivity index (χ3n) is 4.75. The number of rotatable bonds is 8. The largest absolute Gasteiger partial charge is 0.343 e. The van der Waals surface area contributed by atoms with Gasteiger partial charge in [-0.2, -0.15) is 0 Å². The van der Waals surface area contributed by atoms with E-state index < -0.39 is 0 Å². The van der Waals surface area contributed by atoms with E-state index in [0.717, 1.165) is 51.4 Å². The normalized spacial score (nSPS) is 18.6. The lowest BCUT2D eigenvalue weighted by molar-refractivity contribution is -0.133. The van der Waals surface area contributed by atoms with E-state index in [9.17, 15) is 4.79 Å². The van der Waals surface area contributed by atoms with Crippen molar-refractivity contribution >= 4 is 5.91 Å². The Balaban J connectivity index is 2.32. The third-order valence-corrected chi connectivity index (χ3v) is 4.75. The van der Waals surface area contributed by atoms with E-state index in [1.165, 1.54) is 6.54 Å². The quantitative estimate of drug-likeness (QED) is 0.740. The van der Waals surface area contributed by atoms with Crippen LogP contribution < -0.4 is 5.73 Å². The molecule has 0 radical (unpaired) electrons. The van der Waals surface area contributed by atoms with Crippen LogP contribution in [-0.4, -0.2) is 55.0 Å². The van der Waals surface area contributed by atoms with Crippen LogP contribution in [0.3, 0.4) is 0 Å². The first-order valence-corrected chi connectivity index (χ1v) is 8.34. The van der Waals surface area contributed by atoms with Crippen molar-refractivity contribution in [3.63, 3.8) is 0 Å². The second-order valence-electron chi connectivity index (χ2n) is 6.02. The first kappa shape index (κ1) is 17.4. The minimum atomic E-state index is 0.309. The second kappa shape index (κ2) is 9.35. The van der Waals surface area contributed by atoms with Gasteiger partial charge >= 0.3 is 0 Å². The van der Waals surface area contributed by atoms with Gasteiger partial charge in [-0.3, -0.25) is 4.79 Å². The first-order chi connectivity index (χ1) is 9.64. The lowest BCUT2D eigenvalue weighted by atomic mass is 9.95. The zero-order chi connectivity index (χ0) is 15.0. The van der Waals surface area contributed by atoms with E-state index in [1.807, 2.05) is 0 Å². The van der Waals surface area contributed by atoms with Crippen LogP contribution in [-0.2, 0) is 4.79 Å². The molecule has 20 heavy (non-hydrogen) atoms. The number of piperidine rings is 1. The molecule has 1 atom stereocenters. The number of nitrogens with two attached hydrogens (primary N) is 1. The van der Waals surface area contributed by atoms with Gasteiger partial charge in [-0.25, -0.2) is 0 Å². The van der Waals surface area contributed by atoms with Gasteiger partial charge < -0.3 is 15.5 Å². The fourth-order valence-electron chi connectivity index (χ4n) is 2.98. The van der Waals surface area contributed by atoms with Crippen molar-refractivity contribution in [1.82, 2.24) is 9.80 Å². The van der Waals surface area contributed by atoms with Crippen LogP contribution in [0.25, 0.3) is 0 Å². The topological polar surface area (TPSA) is 49.6 Å². The summed E-state index contributed by atoms with van der Waals surface area (Å²) in [6.07, 6.45) is 3.94. The van der Waals surface area contributed by atoms with E-state index >= 15 is 0 Å². The predicted molar refractivity (Wildman–Crippen MR) is 84.5 cm³/mol. The maximum atomic E-state index is 12.2. The van der Waals surface area contributed by atoms with Crippen LogP contribution >= 0.6 is 0 Å². The van der Waals surface area contributed by atoms with Crippen molar-refractivity contribution in [3.05, 3.63) is 0 Å². The van der Waals surface area contributed by atoms with Crippen molar-refractivity contribution in [2.24, 2.45) is 17.6 Å². The Labute approximate surface area is 124 Å². The molecule has 1 amide bonds. The highest BCUT2D eigenvalue weighted by atomic mass is 16.2. The molecule has 2 N–H and O–H groups in total. The maximum Gasteiger partial charge on any atom is 0.222 e. The summed E-state index contributed by atoms with van der Waals surface area (Å²) in [5, 5.41) is 0. The minimum absolute atomic E-state index is 0.309. The number of carbonyl (C=O) groups is 1. The number of amides is 1. The second-order valence-corrected chi connectivity index (χ2v) is 6.02.